The first kappa shape index (κ1) is 17.2. The first-order valence-corrected chi connectivity index (χ1v) is 7.84. The molecule has 0 saturated carbocycles. The lowest BCUT2D eigenvalue weighted by Gasteiger charge is -2.32. The van der Waals surface area contributed by atoms with Crippen LogP contribution >= 0.6 is 11.8 Å². The van der Waals surface area contributed by atoms with Crippen LogP contribution in [-0.4, -0.2) is 43.2 Å². The molecule has 1 aromatic rings. The van der Waals surface area contributed by atoms with E-state index in [1.165, 1.54) is 0 Å². The second-order valence-electron chi connectivity index (χ2n) is 4.67. The molecular weight excluding hydrogens is 282 g/mol. The van der Waals surface area contributed by atoms with E-state index in [1.807, 2.05) is 7.05 Å². The minimum atomic E-state index is -2.80. The van der Waals surface area contributed by atoms with Gasteiger partial charge in [0.15, 0.2) is 0 Å². The number of nitrogens with two attached hydrogens (primary N) is 1. The Morgan fingerprint density at radius 1 is 1.30 bits per heavy atom. The zero-order valence-corrected chi connectivity index (χ0v) is 12.9. The van der Waals surface area contributed by atoms with Crippen LogP contribution in [-0.2, 0) is 0 Å². The molecule has 0 aromatic heterocycles. The Bertz CT molecular complexity index is 389. The smallest absolute Gasteiger partial charge is 0.387 e. The quantitative estimate of drug-likeness (QED) is 0.801. The van der Waals surface area contributed by atoms with Gasteiger partial charge >= 0.3 is 6.61 Å². The maximum absolute atomic E-state index is 12.1. The average molecular weight is 304 g/mol. The third-order valence-electron chi connectivity index (χ3n) is 3.31. The molecule has 20 heavy (non-hydrogen) atoms. The summed E-state index contributed by atoms with van der Waals surface area (Å²) in [5.41, 5.74) is 6.86. The molecule has 0 amide bonds. The van der Waals surface area contributed by atoms with Gasteiger partial charge in [-0.05, 0) is 37.9 Å². The Labute approximate surface area is 123 Å². The van der Waals surface area contributed by atoms with Gasteiger partial charge in [-0.3, -0.25) is 4.90 Å². The van der Waals surface area contributed by atoms with Crippen molar-refractivity contribution in [3.05, 3.63) is 29.8 Å². The molecule has 0 fully saturated rings. The van der Waals surface area contributed by atoms with Crippen molar-refractivity contribution in [1.82, 2.24) is 4.90 Å². The van der Waals surface area contributed by atoms with E-state index in [0.29, 0.717) is 12.6 Å². The van der Waals surface area contributed by atoms with E-state index >= 15 is 0 Å². The highest BCUT2D eigenvalue weighted by Crippen LogP contribution is 2.24. The zero-order chi connectivity index (χ0) is 15.1. The SMILES string of the molecule is CSCC(C)N(C)C(CN)c1ccc(OC(F)F)cc1. The van der Waals surface area contributed by atoms with Crippen LogP contribution in [0.5, 0.6) is 5.75 Å². The third-order valence-corrected chi connectivity index (χ3v) is 4.12. The molecule has 2 unspecified atom stereocenters. The van der Waals surface area contributed by atoms with Gasteiger partial charge in [-0.25, -0.2) is 0 Å². The summed E-state index contributed by atoms with van der Waals surface area (Å²) in [6.45, 7) is -0.173. The van der Waals surface area contributed by atoms with E-state index in [2.05, 4.69) is 22.8 Å². The number of halogens is 2. The molecular formula is C14H22F2N2OS. The van der Waals surface area contributed by atoms with Crippen molar-refractivity contribution in [3.63, 3.8) is 0 Å². The van der Waals surface area contributed by atoms with Crippen LogP contribution in [0.4, 0.5) is 8.78 Å². The molecule has 0 heterocycles. The maximum atomic E-state index is 12.1. The molecule has 2 N–H and O–H groups in total. The van der Waals surface area contributed by atoms with Crippen molar-refractivity contribution >= 4 is 11.8 Å². The normalized spacial score (nSPS) is 14.6. The number of alkyl halides is 2. The van der Waals surface area contributed by atoms with Crippen LogP contribution in [0.15, 0.2) is 24.3 Å². The highest BCUT2D eigenvalue weighted by Gasteiger charge is 2.20. The molecule has 1 rings (SSSR count). The number of rotatable bonds is 8. The second kappa shape index (κ2) is 8.44. The summed E-state index contributed by atoms with van der Waals surface area (Å²) >= 11 is 1.78. The molecule has 114 valence electrons. The van der Waals surface area contributed by atoms with Crippen LogP contribution < -0.4 is 10.5 Å². The predicted molar refractivity (Wildman–Crippen MR) is 80.5 cm³/mol. The summed E-state index contributed by atoms with van der Waals surface area (Å²) in [5, 5.41) is 0. The van der Waals surface area contributed by atoms with Crippen LogP contribution in [0.25, 0.3) is 0 Å². The number of ether oxygens (including phenoxy) is 1. The fourth-order valence-electron chi connectivity index (χ4n) is 2.07. The van der Waals surface area contributed by atoms with E-state index in [0.717, 1.165) is 11.3 Å². The molecule has 0 aliphatic heterocycles. The van der Waals surface area contributed by atoms with Crippen molar-refractivity contribution in [2.24, 2.45) is 5.73 Å². The highest BCUT2D eigenvalue weighted by atomic mass is 32.2. The second-order valence-corrected chi connectivity index (χ2v) is 5.58. The van der Waals surface area contributed by atoms with E-state index in [1.54, 1.807) is 36.0 Å². The molecule has 0 spiro atoms. The number of hydrogen-bond acceptors (Lipinski definition) is 4. The van der Waals surface area contributed by atoms with Gasteiger partial charge in [-0.1, -0.05) is 12.1 Å². The molecule has 0 bridgehead atoms. The van der Waals surface area contributed by atoms with Gasteiger partial charge in [-0.15, -0.1) is 0 Å². The molecule has 0 radical (unpaired) electrons. The van der Waals surface area contributed by atoms with Gasteiger partial charge < -0.3 is 10.5 Å². The molecule has 0 aliphatic carbocycles. The fraction of sp³-hybridized carbons (Fsp3) is 0.571. The number of hydrogen-bond donors (Lipinski definition) is 1. The Morgan fingerprint density at radius 3 is 2.35 bits per heavy atom. The predicted octanol–water partition coefficient (Wildman–Crippen LogP) is 2.97. The average Bonchev–Trinajstić information content (AvgIpc) is 2.41. The van der Waals surface area contributed by atoms with Crippen molar-refractivity contribution < 1.29 is 13.5 Å². The van der Waals surface area contributed by atoms with Gasteiger partial charge in [0.2, 0.25) is 0 Å². The summed E-state index contributed by atoms with van der Waals surface area (Å²) < 4.78 is 28.6. The lowest BCUT2D eigenvalue weighted by Crippen LogP contribution is -2.38. The summed E-state index contributed by atoms with van der Waals surface area (Å²) in [4.78, 5) is 2.21. The number of likely N-dealkylation sites (N-methyl/N-ethyl adjacent to an activating group) is 1. The van der Waals surface area contributed by atoms with Crippen molar-refractivity contribution in [1.29, 1.82) is 0 Å². The van der Waals surface area contributed by atoms with Crippen LogP contribution in [0.3, 0.4) is 0 Å². The lowest BCUT2D eigenvalue weighted by molar-refractivity contribution is -0.0498. The minimum Gasteiger partial charge on any atom is -0.435 e. The Morgan fingerprint density at radius 2 is 1.90 bits per heavy atom. The third kappa shape index (κ3) is 4.92. The Kier molecular flexibility index (Phi) is 7.26. The summed E-state index contributed by atoms with van der Waals surface area (Å²) in [6, 6.07) is 7.14. The summed E-state index contributed by atoms with van der Waals surface area (Å²) in [6.07, 6.45) is 2.07. The van der Waals surface area contributed by atoms with E-state index < -0.39 is 6.61 Å². The number of thioether (sulfide) groups is 1. The maximum Gasteiger partial charge on any atom is 0.387 e. The highest BCUT2D eigenvalue weighted by molar-refractivity contribution is 7.98. The van der Waals surface area contributed by atoms with E-state index in [4.69, 9.17) is 5.73 Å². The first-order chi connectivity index (χ1) is 9.49. The van der Waals surface area contributed by atoms with Crippen molar-refractivity contribution in [2.75, 3.05) is 25.6 Å². The van der Waals surface area contributed by atoms with E-state index in [-0.39, 0.29) is 11.8 Å². The van der Waals surface area contributed by atoms with E-state index in [9.17, 15) is 8.78 Å². The Balaban J connectivity index is 2.79. The number of benzene rings is 1. The molecule has 3 nitrogen and oxygen atoms in total. The fourth-order valence-corrected chi connectivity index (χ4v) is 2.79. The number of nitrogens with zero attached hydrogens (tertiary/aromatic N) is 1. The minimum absolute atomic E-state index is 0.0674. The summed E-state index contributed by atoms with van der Waals surface area (Å²) in [5.74, 6) is 1.18. The van der Waals surface area contributed by atoms with Gasteiger partial charge in [-0.2, -0.15) is 20.5 Å². The Hall–Kier alpha value is -0.850. The van der Waals surface area contributed by atoms with Crippen LogP contribution in [0.1, 0.15) is 18.5 Å². The van der Waals surface area contributed by atoms with Crippen LogP contribution in [0, 0.1) is 0 Å². The standard InChI is InChI=1S/C14H22F2N2OS/c1-10(9-20-3)18(2)13(8-17)11-4-6-12(7-5-11)19-14(15)16/h4-7,10,13-14H,8-9,17H2,1-3H3. The molecule has 1 aromatic carbocycles. The van der Waals surface area contributed by atoms with Crippen molar-refractivity contribution in [2.45, 2.75) is 25.6 Å². The van der Waals surface area contributed by atoms with Gasteiger partial charge in [0, 0.05) is 24.4 Å². The molecule has 6 heteroatoms. The monoisotopic (exact) mass is 304 g/mol. The molecule has 0 saturated heterocycles. The largest absolute Gasteiger partial charge is 0.435 e. The van der Waals surface area contributed by atoms with Gasteiger partial charge in [0.05, 0.1) is 0 Å². The molecule has 2 atom stereocenters. The van der Waals surface area contributed by atoms with Crippen LogP contribution in [0.2, 0.25) is 0 Å². The lowest BCUT2D eigenvalue weighted by atomic mass is 10.0. The topological polar surface area (TPSA) is 38.5 Å². The molecule has 0 aliphatic rings. The van der Waals surface area contributed by atoms with Gasteiger partial charge in [0.1, 0.15) is 5.75 Å². The first-order valence-electron chi connectivity index (χ1n) is 6.45. The van der Waals surface area contributed by atoms with Gasteiger partial charge in [0.25, 0.3) is 0 Å². The summed E-state index contributed by atoms with van der Waals surface area (Å²) in [7, 11) is 2.03. The zero-order valence-electron chi connectivity index (χ0n) is 12.1. The van der Waals surface area contributed by atoms with Crippen molar-refractivity contribution in [3.8, 4) is 5.75 Å².